The first-order valence-corrected chi connectivity index (χ1v) is 10.7. The number of halogens is 1. The van der Waals surface area contributed by atoms with Gasteiger partial charge in [0.15, 0.2) is 5.96 Å². The second-order valence-electron chi connectivity index (χ2n) is 7.45. The number of para-hydroxylation sites is 1. The SMILES string of the molecule is CCNC(=NCc1ccccc1-n1ccnc1)NCC(c1ccco1)N1CCCC1.I. The van der Waals surface area contributed by atoms with Gasteiger partial charge in [0.25, 0.3) is 0 Å². The summed E-state index contributed by atoms with van der Waals surface area (Å²) in [7, 11) is 0. The molecular formula is C23H31IN6O. The summed E-state index contributed by atoms with van der Waals surface area (Å²) in [6.07, 6.45) is 9.81. The molecule has 4 rings (SSSR count). The fourth-order valence-electron chi connectivity index (χ4n) is 3.94. The third-order valence-electron chi connectivity index (χ3n) is 5.44. The van der Waals surface area contributed by atoms with E-state index in [0.717, 1.165) is 49.1 Å². The fraction of sp³-hybridized carbons (Fsp3) is 0.391. The van der Waals surface area contributed by atoms with E-state index in [1.807, 2.05) is 35.3 Å². The number of rotatable bonds is 8. The minimum absolute atomic E-state index is 0. The third-order valence-corrected chi connectivity index (χ3v) is 5.44. The van der Waals surface area contributed by atoms with Crippen molar-refractivity contribution in [2.24, 2.45) is 4.99 Å². The Labute approximate surface area is 201 Å². The van der Waals surface area contributed by atoms with Crippen LogP contribution in [0.15, 0.2) is 70.8 Å². The highest BCUT2D eigenvalue weighted by molar-refractivity contribution is 14.0. The highest BCUT2D eigenvalue weighted by atomic mass is 127. The summed E-state index contributed by atoms with van der Waals surface area (Å²) in [6.45, 7) is 6.45. The molecule has 0 aliphatic carbocycles. The molecule has 2 aromatic heterocycles. The van der Waals surface area contributed by atoms with Crippen LogP contribution >= 0.6 is 24.0 Å². The molecule has 8 heteroatoms. The molecule has 0 amide bonds. The monoisotopic (exact) mass is 534 g/mol. The van der Waals surface area contributed by atoms with Crippen LogP contribution in [-0.2, 0) is 6.54 Å². The summed E-state index contributed by atoms with van der Waals surface area (Å²) >= 11 is 0. The Morgan fingerprint density at radius 2 is 2.00 bits per heavy atom. The summed E-state index contributed by atoms with van der Waals surface area (Å²) in [6, 6.07) is 12.5. The molecule has 1 aliphatic heterocycles. The molecule has 3 heterocycles. The number of guanidine groups is 1. The average Bonchev–Trinajstić information content (AvgIpc) is 3.56. The van der Waals surface area contributed by atoms with E-state index in [2.05, 4.69) is 45.6 Å². The minimum Gasteiger partial charge on any atom is -0.468 e. The van der Waals surface area contributed by atoms with Gasteiger partial charge in [0.05, 0.1) is 30.9 Å². The number of nitrogens with one attached hydrogen (secondary N) is 2. The standard InChI is InChI=1S/C23H30N6O.HI/c1-2-25-23(26-16-19-8-3-4-9-20(19)29-14-11-24-18-29)27-17-21(22-10-7-15-30-22)28-12-5-6-13-28;/h3-4,7-11,14-15,18,21H,2,5-6,12-13,16-17H2,1H3,(H2,25,26,27);1H. The van der Waals surface area contributed by atoms with Gasteiger partial charge in [-0.2, -0.15) is 0 Å². The molecular weight excluding hydrogens is 503 g/mol. The topological polar surface area (TPSA) is 70.6 Å². The zero-order valence-electron chi connectivity index (χ0n) is 17.9. The fourth-order valence-corrected chi connectivity index (χ4v) is 3.94. The molecule has 1 aromatic carbocycles. The van der Waals surface area contributed by atoms with Crippen LogP contribution in [-0.4, -0.2) is 46.6 Å². The van der Waals surface area contributed by atoms with Crippen molar-refractivity contribution in [3.8, 4) is 5.69 Å². The Balaban J connectivity index is 0.00000272. The first kappa shape index (κ1) is 23.3. The zero-order chi connectivity index (χ0) is 20.6. The molecule has 3 aromatic rings. The molecule has 166 valence electrons. The normalized spacial score (nSPS) is 15.5. The maximum Gasteiger partial charge on any atom is 0.191 e. The second-order valence-corrected chi connectivity index (χ2v) is 7.45. The van der Waals surface area contributed by atoms with Gasteiger partial charge in [0, 0.05) is 25.5 Å². The largest absolute Gasteiger partial charge is 0.468 e. The van der Waals surface area contributed by atoms with Crippen molar-refractivity contribution in [3.63, 3.8) is 0 Å². The van der Waals surface area contributed by atoms with Crippen molar-refractivity contribution in [2.75, 3.05) is 26.2 Å². The Hall–Kier alpha value is -2.33. The lowest BCUT2D eigenvalue weighted by Crippen LogP contribution is -2.42. The number of hydrogen-bond donors (Lipinski definition) is 2. The first-order valence-electron chi connectivity index (χ1n) is 10.7. The number of aromatic nitrogens is 2. The van der Waals surface area contributed by atoms with Crippen LogP contribution < -0.4 is 10.6 Å². The van der Waals surface area contributed by atoms with Crippen molar-refractivity contribution in [2.45, 2.75) is 32.4 Å². The van der Waals surface area contributed by atoms with Gasteiger partial charge in [-0.05, 0) is 56.6 Å². The van der Waals surface area contributed by atoms with Gasteiger partial charge in [0.1, 0.15) is 5.76 Å². The number of aliphatic imine (C=N–C) groups is 1. The third kappa shape index (κ3) is 6.10. The molecule has 0 saturated carbocycles. The maximum absolute atomic E-state index is 5.74. The average molecular weight is 534 g/mol. The summed E-state index contributed by atoms with van der Waals surface area (Å²) < 4.78 is 7.76. The van der Waals surface area contributed by atoms with Crippen molar-refractivity contribution in [1.82, 2.24) is 25.1 Å². The van der Waals surface area contributed by atoms with Crippen LogP contribution in [0, 0.1) is 0 Å². The van der Waals surface area contributed by atoms with Crippen molar-refractivity contribution in [3.05, 3.63) is 72.7 Å². The molecule has 1 unspecified atom stereocenters. The molecule has 2 N–H and O–H groups in total. The lowest BCUT2D eigenvalue weighted by atomic mass is 10.2. The van der Waals surface area contributed by atoms with Crippen LogP contribution in [0.2, 0.25) is 0 Å². The molecule has 0 bridgehead atoms. The predicted octanol–water partition coefficient (Wildman–Crippen LogP) is 3.98. The van der Waals surface area contributed by atoms with Gasteiger partial charge < -0.3 is 19.6 Å². The van der Waals surface area contributed by atoms with Gasteiger partial charge in [-0.1, -0.05) is 18.2 Å². The van der Waals surface area contributed by atoms with E-state index in [-0.39, 0.29) is 30.0 Å². The van der Waals surface area contributed by atoms with Gasteiger partial charge in [-0.25, -0.2) is 9.98 Å². The van der Waals surface area contributed by atoms with Crippen LogP contribution in [0.1, 0.15) is 37.1 Å². The smallest absolute Gasteiger partial charge is 0.191 e. The zero-order valence-corrected chi connectivity index (χ0v) is 20.2. The summed E-state index contributed by atoms with van der Waals surface area (Å²) in [5, 5.41) is 6.90. The lowest BCUT2D eigenvalue weighted by molar-refractivity contribution is 0.215. The molecule has 31 heavy (non-hydrogen) atoms. The first-order chi connectivity index (χ1) is 14.8. The highest BCUT2D eigenvalue weighted by Gasteiger charge is 2.25. The van der Waals surface area contributed by atoms with Gasteiger partial charge >= 0.3 is 0 Å². The van der Waals surface area contributed by atoms with E-state index >= 15 is 0 Å². The van der Waals surface area contributed by atoms with E-state index in [9.17, 15) is 0 Å². The number of benzene rings is 1. The molecule has 7 nitrogen and oxygen atoms in total. The van der Waals surface area contributed by atoms with Crippen LogP contribution in [0.3, 0.4) is 0 Å². The van der Waals surface area contributed by atoms with E-state index in [4.69, 9.17) is 9.41 Å². The Morgan fingerprint density at radius 3 is 2.71 bits per heavy atom. The number of nitrogens with zero attached hydrogens (tertiary/aromatic N) is 4. The van der Waals surface area contributed by atoms with Crippen molar-refractivity contribution >= 4 is 29.9 Å². The summed E-state index contributed by atoms with van der Waals surface area (Å²) in [5.41, 5.74) is 2.25. The van der Waals surface area contributed by atoms with E-state index in [1.54, 1.807) is 12.5 Å². The van der Waals surface area contributed by atoms with E-state index in [0.29, 0.717) is 6.54 Å². The number of imidazole rings is 1. The number of furan rings is 1. The van der Waals surface area contributed by atoms with Gasteiger partial charge in [0.2, 0.25) is 0 Å². The van der Waals surface area contributed by atoms with Gasteiger partial charge in [-0.15, -0.1) is 24.0 Å². The predicted molar refractivity (Wildman–Crippen MR) is 134 cm³/mol. The molecule has 1 atom stereocenters. The lowest BCUT2D eigenvalue weighted by Gasteiger charge is -2.26. The van der Waals surface area contributed by atoms with E-state index in [1.165, 1.54) is 12.8 Å². The Morgan fingerprint density at radius 1 is 1.16 bits per heavy atom. The quantitative estimate of drug-likeness (QED) is 0.260. The molecule has 1 saturated heterocycles. The van der Waals surface area contributed by atoms with Crippen LogP contribution in [0.25, 0.3) is 5.69 Å². The highest BCUT2D eigenvalue weighted by Crippen LogP contribution is 2.24. The van der Waals surface area contributed by atoms with Gasteiger partial charge in [-0.3, -0.25) is 4.90 Å². The summed E-state index contributed by atoms with van der Waals surface area (Å²) in [5.74, 6) is 1.82. The molecule has 1 fully saturated rings. The van der Waals surface area contributed by atoms with Crippen molar-refractivity contribution in [1.29, 1.82) is 0 Å². The molecule has 0 spiro atoms. The second kappa shape index (κ2) is 11.9. The van der Waals surface area contributed by atoms with Crippen LogP contribution in [0.5, 0.6) is 0 Å². The summed E-state index contributed by atoms with van der Waals surface area (Å²) in [4.78, 5) is 11.5. The number of likely N-dealkylation sites (tertiary alicyclic amines) is 1. The Bertz CT molecular complexity index is 919. The molecule has 0 radical (unpaired) electrons. The minimum atomic E-state index is 0. The Kier molecular flexibility index (Phi) is 8.96. The number of hydrogen-bond acceptors (Lipinski definition) is 4. The van der Waals surface area contributed by atoms with E-state index < -0.39 is 0 Å². The maximum atomic E-state index is 5.74. The molecule has 1 aliphatic rings. The van der Waals surface area contributed by atoms with Crippen molar-refractivity contribution < 1.29 is 4.42 Å². The van der Waals surface area contributed by atoms with Crippen LogP contribution in [0.4, 0.5) is 0 Å².